The van der Waals surface area contributed by atoms with Gasteiger partial charge in [-0.15, -0.1) is 0 Å². The van der Waals surface area contributed by atoms with E-state index in [1.54, 1.807) is 0 Å². The lowest BCUT2D eigenvalue weighted by Crippen LogP contribution is -2.37. The van der Waals surface area contributed by atoms with Crippen LogP contribution in [0.3, 0.4) is 0 Å². The third-order valence-corrected chi connectivity index (χ3v) is 3.29. The van der Waals surface area contributed by atoms with Crippen LogP contribution in [0.5, 0.6) is 0 Å². The molecule has 1 aromatic rings. The van der Waals surface area contributed by atoms with Gasteiger partial charge in [-0.25, -0.2) is 0 Å². The largest absolute Gasteiger partial charge is 0.312 e. The highest BCUT2D eigenvalue weighted by molar-refractivity contribution is 5.29. The van der Waals surface area contributed by atoms with Gasteiger partial charge in [0.15, 0.2) is 0 Å². The van der Waals surface area contributed by atoms with Crippen LogP contribution in [0.2, 0.25) is 0 Å². The number of hydrogen-bond donors (Lipinski definition) is 1. The molecule has 2 unspecified atom stereocenters. The quantitative estimate of drug-likeness (QED) is 0.817. The second-order valence-corrected chi connectivity index (χ2v) is 6.15. The zero-order valence-corrected chi connectivity index (χ0v) is 10.9. The topological polar surface area (TPSA) is 12.0 Å². The third-order valence-electron chi connectivity index (χ3n) is 3.29. The lowest BCUT2D eigenvalue weighted by atomic mass is 10.1. The Hall–Kier alpha value is -0.820. The van der Waals surface area contributed by atoms with E-state index >= 15 is 0 Å². The molecule has 0 amide bonds. The summed E-state index contributed by atoms with van der Waals surface area (Å²) in [5.74, 6) is 1.65. The lowest BCUT2D eigenvalue weighted by Gasteiger charge is -2.20. The van der Waals surface area contributed by atoms with Crippen LogP contribution in [-0.4, -0.2) is 12.1 Å². The Kier molecular flexibility index (Phi) is 3.07. The predicted molar refractivity (Wildman–Crippen MR) is 69.8 cm³/mol. The standard InChI is InChI=1S/C15H23N/c1-11-6-5-7-12(8-11)14-9-13(14)10-16-15(2,3)4/h5-8,13-14,16H,9-10H2,1-4H3. The fraction of sp³-hybridized carbons (Fsp3) is 0.600. The van der Waals surface area contributed by atoms with Crippen LogP contribution in [0.15, 0.2) is 24.3 Å². The van der Waals surface area contributed by atoms with Gasteiger partial charge in [0.25, 0.3) is 0 Å². The molecule has 1 aromatic carbocycles. The number of aryl methyl sites for hydroxylation is 1. The summed E-state index contributed by atoms with van der Waals surface area (Å²) in [6, 6.07) is 8.96. The Morgan fingerprint density at radius 2 is 2.06 bits per heavy atom. The van der Waals surface area contributed by atoms with E-state index in [2.05, 4.69) is 57.3 Å². The van der Waals surface area contributed by atoms with E-state index < -0.39 is 0 Å². The zero-order valence-electron chi connectivity index (χ0n) is 10.9. The molecule has 0 saturated heterocycles. The van der Waals surface area contributed by atoms with Crippen molar-refractivity contribution in [1.82, 2.24) is 5.32 Å². The van der Waals surface area contributed by atoms with Crippen molar-refractivity contribution in [3.63, 3.8) is 0 Å². The van der Waals surface area contributed by atoms with Gasteiger partial charge >= 0.3 is 0 Å². The molecule has 0 aromatic heterocycles. The first-order chi connectivity index (χ1) is 7.46. The summed E-state index contributed by atoms with van der Waals surface area (Å²) in [6.07, 6.45) is 1.35. The van der Waals surface area contributed by atoms with Gasteiger partial charge in [-0.3, -0.25) is 0 Å². The van der Waals surface area contributed by atoms with Crippen molar-refractivity contribution in [3.05, 3.63) is 35.4 Å². The smallest absolute Gasteiger partial charge is 0.00966 e. The number of benzene rings is 1. The van der Waals surface area contributed by atoms with Crippen molar-refractivity contribution in [2.75, 3.05) is 6.54 Å². The molecule has 2 atom stereocenters. The predicted octanol–water partition coefficient (Wildman–Crippen LogP) is 3.49. The van der Waals surface area contributed by atoms with E-state index in [4.69, 9.17) is 0 Å². The summed E-state index contributed by atoms with van der Waals surface area (Å²) in [4.78, 5) is 0. The van der Waals surface area contributed by atoms with Crippen LogP contribution in [0.1, 0.15) is 44.2 Å². The van der Waals surface area contributed by atoms with Gasteiger partial charge in [-0.2, -0.15) is 0 Å². The molecule has 1 heteroatoms. The first kappa shape index (κ1) is 11.7. The highest BCUT2D eigenvalue weighted by atomic mass is 15.0. The molecule has 88 valence electrons. The molecule has 1 saturated carbocycles. The van der Waals surface area contributed by atoms with E-state index in [9.17, 15) is 0 Å². The highest BCUT2D eigenvalue weighted by Crippen LogP contribution is 2.47. The van der Waals surface area contributed by atoms with Gasteiger partial charge in [-0.1, -0.05) is 29.8 Å². The molecule has 0 aliphatic heterocycles. The molecule has 0 spiro atoms. The maximum Gasteiger partial charge on any atom is 0.00966 e. The summed E-state index contributed by atoms with van der Waals surface area (Å²) in [6.45, 7) is 10.0. The van der Waals surface area contributed by atoms with Crippen LogP contribution in [0.25, 0.3) is 0 Å². The Balaban J connectivity index is 1.87. The molecule has 2 rings (SSSR count). The van der Waals surface area contributed by atoms with Gasteiger partial charge in [0.05, 0.1) is 0 Å². The van der Waals surface area contributed by atoms with Crippen LogP contribution in [0.4, 0.5) is 0 Å². The summed E-state index contributed by atoms with van der Waals surface area (Å²) >= 11 is 0. The molecule has 0 bridgehead atoms. The summed E-state index contributed by atoms with van der Waals surface area (Å²) in [7, 11) is 0. The molecule has 1 aliphatic rings. The Bertz CT molecular complexity index is 362. The van der Waals surface area contributed by atoms with Crippen LogP contribution < -0.4 is 5.32 Å². The normalized spacial score (nSPS) is 24.5. The molecule has 1 N–H and O–H groups in total. The minimum atomic E-state index is 0.250. The van der Waals surface area contributed by atoms with Crippen molar-refractivity contribution in [2.24, 2.45) is 5.92 Å². The summed E-state index contributed by atoms with van der Waals surface area (Å²) in [5.41, 5.74) is 3.16. The number of hydrogen-bond acceptors (Lipinski definition) is 1. The average molecular weight is 217 g/mol. The first-order valence-corrected chi connectivity index (χ1v) is 6.27. The van der Waals surface area contributed by atoms with Crippen molar-refractivity contribution in [2.45, 2.75) is 45.6 Å². The van der Waals surface area contributed by atoms with Gasteiger partial charge in [0.1, 0.15) is 0 Å². The molecular formula is C15H23N. The van der Waals surface area contributed by atoms with Crippen molar-refractivity contribution in [3.8, 4) is 0 Å². The maximum absolute atomic E-state index is 3.60. The Morgan fingerprint density at radius 1 is 1.31 bits per heavy atom. The minimum Gasteiger partial charge on any atom is -0.312 e. The maximum atomic E-state index is 3.60. The van der Waals surface area contributed by atoms with Crippen LogP contribution >= 0.6 is 0 Å². The fourth-order valence-corrected chi connectivity index (χ4v) is 2.22. The van der Waals surface area contributed by atoms with Gasteiger partial charge in [-0.05, 0) is 58.1 Å². The Labute approximate surface area is 99.3 Å². The van der Waals surface area contributed by atoms with E-state index in [0.29, 0.717) is 0 Å². The molecule has 1 nitrogen and oxygen atoms in total. The molecule has 16 heavy (non-hydrogen) atoms. The molecule has 1 fully saturated rings. The Morgan fingerprint density at radius 3 is 2.69 bits per heavy atom. The van der Waals surface area contributed by atoms with Gasteiger partial charge in [0.2, 0.25) is 0 Å². The van der Waals surface area contributed by atoms with Gasteiger partial charge in [0, 0.05) is 5.54 Å². The van der Waals surface area contributed by atoms with E-state index in [-0.39, 0.29) is 5.54 Å². The number of rotatable bonds is 3. The number of nitrogens with one attached hydrogen (secondary N) is 1. The van der Waals surface area contributed by atoms with E-state index in [1.807, 2.05) is 0 Å². The lowest BCUT2D eigenvalue weighted by molar-refractivity contribution is 0.414. The molecular weight excluding hydrogens is 194 g/mol. The van der Waals surface area contributed by atoms with Gasteiger partial charge < -0.3 is 5.32 Å². The molecule has 0 heterocycles. The van der Waals surface area contributed by atoms with Crippen LogP contribution in [0, 0.1) is 12.8 Å². The minimum absolute atomic E-state index is 0.250. The van der Waals surface area contributed by atoms with Crippen LogP contribution in [-0.2, 0) is 0 Å². The highest BCUT2D eigenvalue weighted by Gasteiger charge is 2.38. The molecule has 0 radical (unpaired) electrons. The SMILES string of the molecule is Cc1cccc(C2CC2CNC(C)(C)C)c1. The van der Waals surface area contributed by atoms with E-state index in [1.165, 1.54) is 17.5 Å². The second-order valence-electron chi connectivity index (χ2n) is 6.15. The zero-order chi connectivity index (χ0) is 11.8. The fourth-order valence-electron chi connectivity index (χ4n) is 2.22. The van der Waals surface area contributed by atoms with Crippen molar-refractivity contribution >= 4 is 0 Å². The average Bonchev–Trinajstić information content (AvgIpc) is 2.93. The first-order valence-electron chi connectivity index (χ1n) is 6.27. The van der Waals surface area contributed by atoms with Crippen molar-refractivity contribution in [1.29, 1.82) is 0 Å². The monoisotopic (exact) mass is 217 g/mol. The summed E-state index contributed by atoms with van der Waals surface area (Å²) < 4.78 is 0. The van der Waals surface area contributed by atoms with E-state index in [0.717, 1.165) is 18.4 Å². The molecule has 1 aliphatic carbocycles. The second kappa shape index (κ2) is 4.21. The van der Waals surface area contributed by atoms with Crippen molar-refractivity contribution < 1.29 is 0 Å². The summed E-state index contributed by atoms with van der Waals surface area (Å²) in [5, 5.41) is 3.60. The third kappa shape index (κ3) is 3.08.